The topological polar surface area (TPSA) is 15.3 Å². The minimum Gasteiger partial charge on any atom is -0.312 e. The molecule has 1 aliphatic heterocycles. The molecule has 1 heterocycles. The van der Waals surface area contributed by atoms with Crippen molar-refractivity contribution in [3.8, 4) is 0 Å². The van der Waals surface area contributed by atoms with Crippen LogP contribution in [0.1, 0.15) is 19.8 Å². The Balaban J connectivity index is 2.09. The van der Waals surface area contributed by atoms with E-state index in [1.807, 2.05) is 6.08 Å². The maximum atomic E-state index is 3.73. The Morgan fingerprint density at radius 1 is 1.67 bits per heavy atom. The third-order valence-electron chi connectivity index (χ3n) is 2.34. The molecule has 2 heteroatoms. The van der Waals surface area contributed by atoms with Crippen molar-refractivity contribution in [2.75, 3.05) is 26.2 Å². The van der Waals surface area contributed by atoms with Gasteiger partial charge in [-0.2, -0.15) is 0 Å². The Bertz CT molecular complexity index is 134. The molecule has 0 bridgehead atoms. The van der Waals surface area contributed by atoms with Crippen molar-refractivity contribution in [2.45, 2.75) is 25.8 Å². The zero-order chi connectivity index (χ0) is 8.81. The lowest BCUT2D eigenvalue weighted by Crippen LogP contribution is -2.49. The Hall–Kier alpha value is -0.340. The van der Waals surface area contributed by atoms with Crippen molar-refractivity contribution >= 4 is 0 Å². The van der Waals surface area contributed by atoms with Gasteiger partial charge in [0.05, 0.1) is 0 Å². The van der Waals surface area contributed by atoms with E-state index >= 15 is 0 Å². The molecule has 70 valence electrons. The molecule has 1 saturated heterocycles. The number of piperazine rings is 1. The highest BCUT2D eigenvalue weighted by molar-refractivity contribution is 4.75. The summed E-state index contributed by atoms with van der Waals surface area (Å²) in [4.78, 5) is 2.53. The highest BCUT2D eigenvalue weighted by Gasteiger charge is 2.13. The molecule has 1 fully saturated rings. The van der Waals surface area contributed by atoms with Gasteiger partial charge in [0.2, 0.25) is 0 Å². The first kappa shape index (κ1) is 9.75. The summed E-state index contributed by atoms with van der Waals surface area (Å²) in [7, 11) is 0. The SMILES string of the molecule is C=CCCCN1CCN[C@H](C)C1. The van der Waals surface area contributed by atoms with Crippen molar-refractivity contribution in [1.29, 1.82) is 0 Å². The van der Waals surface area contributed by atoms with Crippen LogP contribution in [-0.4, -0.2) is 37.1 Å². The fraction of sp³-hybridized carbons (Fsp3) is 0.800. The van der Waals surface area contributed by atoms with Crippen LogP contribution in [0.5, 0.6) is 0 Å². The number of nitrogens with zero attached hydrogens (tertiary/aromatic N) is 1. The second-order valence-electron chi connectivity index (χ2n) is 3.59. The van der Waals surface area contributed by atoms with Gasteiger partial charge in [0, 0.05) is 25.7 Å². The largest absolute Gasteiger partial charge is 0.312 e. The number of nitrogens with one attached hydrogen (secondary N) is 1. The molecule has 0 amide bonds. The molecule has 2 nitrogen and oxygen atoms in total. The van der Waals surface area contributed by atoms with Crippen molar-refractivity contribution in [3.05, 3.63) is 12.7 Å². The van der Waals surface area contributed by atoms with Crippen molar-refractivity contribution in [1.82, 2.24) is 10.2 Å². The van der Waals surface area contributed by atoms with E-state index in [9.17, 15) is 0 Å². The first-order valence-corrected chi connectivity index (χ1v) is 4.89. The van der Waals surface area contributed by atoms with E-state index in [0.717, 1.165) is 13.0 Å². The van der Waals surface area contributed by atoms with Crippen LogP contribution in [0, 0.1) is 0 Å². The van der Waals surface area contributed by atoms with Gasteiger partial charge in [-0.3, -0.25) is 0 Å². The lowest BCUT2D eigenvalue weighted by molar-refractivity contribution is 0.205. The third-order valence-corrected chi connectivity index (χ3v) is 2.34. The average molecular weight is 168 g/mol. The second-order valence-corrected chi connectivity index (χ2v) is 3.59. The van der Waals surface area contributed by atoms with Crippen LogP contribution in [0.2, 0.25) is 0 Å². The van der Waals surface area contributed by atoms with Crippen LogP contribution >= 0.6 is 0 Å². The number of unbranched alkanes of at least 4 members (excludes halogenated alkanes) is 1. The summed E-state index contributed by atoms with van der Waals surface area (Å²) < 4.78 is 0. The maximum Gasteiger partial charge on any atom is 0.0167 e. The number of allylic oxidation sites excluding steroid dienone is 1. The van der Waals surface area contributed by atoms with Gasteiger partial charge < -0.3 is 10.2 Å². The van der Waals surface area contributed by atoms with E-state index in [1.54, 1.807) is 0 Å². The van der Waals surface area contributed by atoms with Crippen LogP contribution in [-0.2, 0) is 0 Å². The Labute approximate surface area is 75.6 Å². The van der Waals surface area contributed by atoms with E-state index < -0.39 is 0 Å². The van der Waals surface area contributed by atoms with Gasteiger partial charge in [-0.05, 0) is 26.3 Å². The monoisotopic (exact) mass is 168 g/mol. The van der Waals surface area contributed by atoms with Gasteiger partial charge in [-0.15, -0.1) is 6.58 Å². The zero-order valence-corrected chi connectivity index (χ0v) is 8.05. The van der Waals surface area contributed by atoms with E-state index in [4.69, 9.17) is 0 Å². The summed E-state index contributed by atoms with van der Waals surface area (Å²) in [5.74, 6) is 0. The number of rotatable bonds is 4. The second kappa shape index (κ2) is 5.33. The lowest BCUT2D eigenvalue weighted by atomic mass is 10.2. The molecular weight excluding hydrogens is 148 g/mol. The van der Waals surface area contributed by atoms with Gasteiger partial charge >= 0.3 is 0 Å². The standard InChI is InChI=1S/C10H20N2/c1-3-4-5-7-12-8-6-11-10(2)9-12/h3,10-11H,1,4-9H2,2H3/t10-/m1/s1. The van der Waals surface area contributed by atoms with Gasteiger partial charge in [0.15, 0.2) is 0 Å². The molecule has 0 saturated carbocycles. The summed E-state index contributed by atoms with van der Waals surface area (Å²) >= 11 is 0. The normalized spacial score (nSPS) is 25.6. The van der Waals surface area contributed by atoms with Crippen molar-refractivity contribution < 1.29 is 0 Å². The molecule has 0 radical (unpaired) electrons. The molecule has 0 spiro atoms. The highest BCUT2D eigenvalue weighted by Crippen LogP contribution is 2.01. The third kappa shape index (κ3) is 3.37. The molecule has 12 heavy (non-hydrogen) atoms. The van der Waals surface area contributed by atoms with E-state index in [1.165, 1.54) is 26.1 Å². The van der Waals surface area contributed by atoms with Crippen LogP contribution < -0.4 is 5.32 Å². The molecule has 0 aromatic heterocycles. The average Bonchev–Trinajstić information content (AvgIpc) is 2.05. The summed E-state index contributed by atoms with van der Waals surface area (Å²) in [6.45, 7) is 10.8. The Kier molecular flexibility index (Phi) is 4.33. The number of hydrogen-bond acceptors (Lipinski definition) is 2. The number of hydrogen-bond donors (Lipinski definition) is 1. The maximum absolute atomic E-state index is 3.73. The van der Waals surface area contributed by atoms with Crippen LogP contribution in [0.25, 0.3) is 0 Å². The minimum atomic E-state index is 0.669. The quantitative estimate of drug-likeness (QED) is 0.502. The highest BCUT2D eigenvalue weighted by atomic mass is 15.2. The minimum absolute atomic E-state index is 0.669. The van der Waals surface area contributed by atoms with Gasteiger partial charge in [0.1, 0.15) is 0 Å². The predicted octanol–water partition coefficient (Wildman–Crippen LogP) is 1.25. The smallest absolute Gasteiger partial charge is 0.0167 e. The first-order chi connectivity index (χ1) is 5.83. The molecule has 0 aromatic rings. The molecule has 1 rings (SSSR count). The van der Waals surface area contributed by atoms with Crippen LogP contribution in [0.15, 0.2) is 12.7 Å². The van der Waals surface area contributed by atoms with Gasteiger partial charge in [-0.25, -0.2) is 0 Å². The first-order valence-electron chi connectivity index (χ1n) is 4.89. The lowest BCUT2D eigenvalue weighted by Gasteiger charge is -2.31. The van der Waals surface area contributed by atoms with Crippen molar-refractivity contribution in [3.63, 3.8) is 0 Å². The summed E-state index contributed by atoms with van der Waals surface area (Å²) in [6, 6.07) is 0.669. The van der Waals surface area contributed by atoms with E-state index in [0.29, 0.717) is 6.04 Å². The van der Waals surface area contributed by atoms with E-state index in [-0.39, 0.29) is 0 Å². The molecule has 0 aliphatic carbocycles. The van der Waals surface area contributed by atoms with Crippen molar-refractivity contribution in [2.24, 2.45) is 0 Å². The molecular formula is C10H20N2. The van der Waals surface area contributed by atoms with Gasteiger partial charge in [-0.1, -0.05) is 6.08 Å². The molecule has 1 atom stereocenters. The Morgan fingerprint density at radius 3 is 3.17 bits per heavy atom. The summed E-state index contributed by atoms with van der Waals surface area (Å²) in [6.07, 6.45) is 4.42. The van der Waals surface area contributed by atoms with Gasteiger partial charge in [0.25, 0.3) is 0 Å². The molecule has 1 N–H and O–H groups in total. The van der Waals surface area contributed by atoms with E-state index in [2.05, 4.69) is 23.7 Å². The fourth-order valence-corrected chi connectivity index (χ4v) is 1.67. The van der Waals surface area contributed by atoms with Crippen LogP contribution in [0.3, 0.4) is 0 Å². The molecule has 0 unspecified atom stereocenters. The summed E-state index contributed by atoms with van der Waals surface area (Å²) in [5, 5.41) is 3.44. The predicted molar refractivity (Wildman–Crippen MR) is 53.3 cm³/mol. The summed E-state index contributed by atoms with van der Waals surface area (Å²) in [5.41, 5.74) is 0. The van der Waals surface area contributed by atoms with Crippen LogP contribution in [0.4, 0.5) is 0 Å². The Morgan fingerprint density at radius 2 is 2.50 bits per heavy atom. The molecule has 0 aromatic carbocycles. The zero-order valence-electron chi connectivity index (χ0n) is 8.05. The fourth-order valence-electron chi connectivity index (χ4n) is 1.67. The molecule has 1 aliphatic rings.